The van der Waals surface area contributed by atoms with Crippen LogP contribution < -0.4 is 10.1 Å². The summed E-state index contributed by atoms with van der Waals surface area (Å²) in [6.45, 7) is 8.52. The van der Waals surface area contributed by atoms with Crippen molar-refractivity contribution in [1.82, 2.24) is 10.2 Å². The van der Waals surface area contributed by atoms with Gasteiger partial charge in [0.15, 0.2) is 0 Å². The van der Waals surface area contributed by atoms with E-state index in [4.69, 9.17) is 9.47 Å². The van der Waals surface area contributed by atoms with Gasteiger partial charge in [-0.2, -0.15) is 0 Å². The van der Waals surface area contributed by atoms with Crippen LogP contribution in [0.15, 0.2) is 24.3 Å². The summed E-state index contributed by atoms with van der Waals surface area (Å²) in [7, 11) is 2.19. The highest BCUT2D eigenvalue weighted by Gasteiger charge is 2.24. The summed E-state index contributed by atoms with van der Waals surface area (Å²) in [6.07, 6.45) is 1.13. The van der Waals surface area contributed by atoms with Crippen LogP contribution in [0.4, 0.5) is 0 Å². The van der Waals surface area contributed by atoms with Crippen LogP contribution in [0.5, 0.6) is 5.75 Å². The van der Waals surface area contributed by atoms with E-state index in [2.05, 4.69) is 42.4 Å². The second-order valence-electron chi connectivity index (χ2n) is 5.54. The molecular formula is C17H28N2O2. The minimum absolute atomic E-state index is 0.281. The maximum absolute atomic E-state index is 5.79. The first kappa shape index (κ1) is 16.3. The van der Waals surface area contributed by atoms with Crippen LogP contribution in [0, 0.1) is 0 Å². The van der Waals surface area contributed by atoms with Crippen LogP contribution in [0.25, 0.3) is 0 Å². The molecule has 0 aliphatic carbocycles. The number of ether oxygens (including phenoxy) is 2. The normalized spacial score (nSPS) is 19.9. The molecule has 1 fully saturated rings. The van der Waals surface area contributed by atoms with Crippen LogP contribution in [-0.4, -0.2) is 50.9 Å². The Labute approximate surface area is 128 Å². The van der Waals surface area contributed by atoms with E-state index >= 15 is 0 Å². The van der Waals surface area contributed by atoms with Crippen molar-refractivity contribution in [3.63, 3.8) is 0 Å². The molecule has 118 valence electrons. The molecular weight excluding hydrogens is 264 g/mol. The summed E-state index contributed by atoms with van der Waals surface area (Å²) in [6, 6.07) is 9.15. The Morgan fingerprint density at radius 1 is 1.38 bits per heavy atom. The van der Waals surface area contributed by atoms with Crippen LogP contribution in [0.1, 0.15) is 31.9 Å². The molecule has 0 saturated carbocycles. The lowest BCUT2D eigenvalue weighted by Crippen LogP contribution is -2.39. The molecule has 1 saturated heterocycles. The quantitative estimate of drug-likeness (QED) is 0.798. The Morgan fingerprint density at radius 3 is 2.86 bits per heavy atom. The first-order chi connectivity index (χ1) is 10.3. The zero-order chi connectivity index (χ0) is 15.1. The summed E-state index contributed by atoms with van der Waals surface area (Å²) < 4.78 is 11.3. The molecule has 0 aromatic heterocycles. The van der Waals surface area contributed by atoms with Gasteiger partial charge in [-0.1, -0.05) is 25.1 Å². The van der Waals surface area contributed by atoms with Gasteiger partial charge in [0.25, 0.3) is 0 Å². The molecule has 21 heavy (non-hydrogen) atoms. The number of benzene rings is 1. The standard InChI is InChI=1S/C17H28N2O2/c1-4-18-16(12-19(3)14-10-11-20-13-14)15-8-6-7-9-17(15)21-5-2/h6-9,14,16,18H,4-5,10-13H2,1-3H3. The number of likely N-dealkylation sites (N-methyl/N-ethyl adjacent to an activating group) is 2. The van der Waals surface area contributed by atoms with Gasteiger partial charge in [0.2, 0.25) is 0 Å². The molecule has 0 radical (unpaired) electrons. The van der Waals surface area contributed by atoms with Crippen LogP contribution in [0.3, 0.4) is 0 Å². The Morgan fingerprint density at radius 2 is 2.19 bits per heavy atom. The maximum Gasteiger partial charge on any atom is 0.124 e. The molecule has 2 atom stereocenters. The van der Waals surface area contributed by atoms with Gasteiger partial charge in [-0.25, -0.2) is 0 Å². The van der Waals surface area contributed by atoms with Crippen molar-refractivity contribution >= 4 is 0 Å². The van der Waals surface area contributed by atoms with E-state index in [9.17, 15) is 0 Å². The highest BCUT2D eigenvalue weighted by Crippen LogP contribution is 2.26. The van der Waals surface area contributed by atoms with Crippen molar-refractivity contribution in [2.75, 3.05) is 40.0 Å². The molecule has 4 heteroatoms. The first-order valence-electron chi connectivity index (χ1n) is 7.99. The van der Waals surface area contributed by atoms with Crippen molar-refractivity contribution in [3.05, 3.63) is 29.8 Å². The Hall–Kier alpha value is -1.10. The number of hydrogen-bond donors (Lipinski definition) is 1. The van der Waals surface area contributed by atoms with Gasteiger partial charge in [0, 0.05) is 30.8 Å². The molecule has 0 bridgehead atoms. The number of nitrogens with zero attached hydrogens (tertiary/aromatic N) is 1. The fraction of sp³-hybridized carbons (Fsp3) is 0.647. The van der Waals surface area contributed by atoms with Gasteiger partial charge in [-0.3, -0.25) is 4.90 Å². The second-order valence-corrected chi connectivity index (χ2v) is 5.54. The molecule has 1 heterocycles. The molecule has 1 aliphatic heterocycles. The average Bonchev–Trinajstić information content (AvgIpc) is 3.02. The van der Waals surface area contributed by atoms with Gasteiger partial charge >= 0.3 is 0 Å². The van der Waals surface area contributed by atoms with Gasteiger partial charge in [0.05, 0.1) is 13.2 Å². The third kappa shape index (κ3) is 4.43. The van der Waals surface area contributed by atoms with Gasteiger partial charge in [-0.05, 0) is 33.0 Å². The van der Waals surface area contributed by atoms with Gasteiger partial charge in [0.1, 0.15) is 5.75 Å². The van der Waals surface area contributed by atoms with Crippen molar-refractivity contribution in [2.45, 2.75) is 32.4 Å². The summed E-state index contributed by atoms with van der Waals surface area (Å²) in [5, 5.41) is 3.59. The molecule has 1 aliphatic rings. The van der Waals surface area contributed by atoms with Crippen LogP contribution in [0.2, 0.25) is 0 Å². The largest absolute Gasteiger partial charge is 0.494 e. The fourth-order valence-electron chi connectivity index (χ4n) is 2.88. The number of rotatable bonds is 8. The zero-order valence-corrected chi connectivity index (χ0v) is 13.5. The summed E-state index contributed by atoms with van der Waals surface area (Å²) in [5.41, 5.74) is 1.24. The highest BCUT2D eigenvalue weighted by atomic mass is 16.5. The molecule has 1 aromatic carbocycles. The molecule has 1 aromatic rings. The number of nitrogens with one attached hydrogen (secondary N) is 1. The molecule has 2 unspecified atom stereocenters. The predicted octanol–water partition coefficient (Wildman–Crippen LogP) is 2.46. The first-order valence-corrected chi connectivity index (χ1v) is 7.99. The van der Waals surface area contributed by atoms with Gasteiger partial charge < -0.3 is 14.8 Å². The summed E-state index contributed by atoms with van der Waals surface area (Å²) >= 11 is 0. The minimum Gasteiger partial charge on any atom is -0.494 e. The van der Waals surface area contributed by atoms with E-state index in [1.807, 2.05) is 13.0 Å². The topological polar surface area (TPSA) is 33.7 Å². The van der Waals surface area contributed by atoms with E-state index < -0.39 is 0 Å². The number of para-hydroxylation sites is 1. The smallest absolute Gasteiger partial charge is 0.124 e. The van der Waals surface area contributed by atoms with Crippen LogP contribution >= 0.6 is 0 Å². The molecule has 4 nitrogen and oxygen atoms in total. The van der Waals surface area contributed by atoms with E-state index in [0.717, 1.165) is 38.5 Å². The van der Waals surface area contributed by atoms with Crippen LogP contribution in [-0.2, 0) is 4.74 Å². The molecule has 0 spiro atoms. The Kier molecular flexibility index (Phi) is 6.49. The lowest BCUT2D eigenvalue weighted by molar-refractivity contribution is 0.152. The molecule has 0 amide bonds. The Balaban J connectivity index is 2.10. The van der Waals surface area contributed by atoms with Crippen molar-refractivity contribution in [2.24, 2.45) is 0 Å². The molecule has 2 rings (SSSR count). The lowest BCUT2D eigenvalue weighted by Gasteiger charge is -2.29. The van der Waals surface area contributed by atoms with E-state index in [1.54, 1.807) is 0 Å². The average molecular weight is 292 g/mol. The second kappa shape index (κ2) is 8.37. The van der Waals surface area contributed by atoms with Crippen molar-refractivity contribution in [1.29, 1.82) is 0 Å². The highest BCUT2D eigenvalue weighted by molar-refractivity contribution is 5.36. The van der Waals surface area contributed by atoms with Crippen molar-refractivity contribution < 1.29 is 9.47 Å². The Bertz CT molecular complexity index is 419. The third-order valence-corrected chi connectivity index (χ3v) is 4.04. The van der Waals surface area contributed by atoms with E-state index in [1.165, 1.54) is 5.56 Å². The summed E-state index contributed by atoms with van der Waals surface area (Å²) in [4.78, 5) is 2.41. The fourth-order valence-corrected chi connectivity index (χ4v) is 2.88. The minimum atomic E-state index is 0.281. The predicted molar refractivity (Wildman–Crippen MR) is 85.9 cm³/mol. The third-order valence-electron chi connectivity index (χ3n) is 4.04. The maximum atomic E-state index is 5.79. The SMILES string of the molecule is CCNC(CN(C)C1CCOC1)c1ccccc1OCC. The monoisotopic (exact) mass is 292 g/mol. The van der Waals surface area contributed by atoms with E-state index in [-0.39, 0.29) is 6.04 Å². The lowest BCUT2D eigenvalue weighted by atomic mass is 10.0. The van der Waals surface area contributed by atoms with E-state index in [0.29, 0.717) is 12.6 Å². The zero-order valence-electron chi connectivity index (χ0n) is 13.5. The van der Waals surface area contributed by atoms with Gasteiger partial charge in [-0.15, -0.1) is 0 Å². The number of hydrogen-bond acceptors (Lipinski definition) is 4. The molecule has 1 N–H and O–H groups in total. The summed E-state index contributed by atoms with van der Waals surface area (Å²) in [5.74, 6) is 0.988. The van der Waals surface area contributed by atoms with Crippen molar-refractivity contribution in [3.8, 4) is 5.75 Å².